The largest absolute Gasteiger partial charge is 0.466 e. The van der Waals surface area contributed by atoms with E-state index in [1.807, 2.05) is 0 Å². The van der Waals surface area contributed by atoms with Gasteiger partial charge in [0.2, 0.25) is 5.91 Å². The molecule has 0 heterocycles. The van der Waals surface area contributed by atoms with Crippen LogP contribution in [0.5, 0.6) is 0 Å². The standard InChI is InChI=1S/C54H107NO5/c1-3-5-7-9-11-13-15-17-18-19-20-21-23-26-30-34-38-42-46-52(57)51(50-56)55-53(58)47-43-39-35-31-27-24-22-25-29-33-37-41-45-49-60-54(59)48-44-40-36-32-28-16-14-12-10-8-6-4-2/h51-52,56-57H,3-50H2,1-2H3,(H,55,58). The minimum Gasteiger partial charge on any atom is -0.466 e. The summed E-state index contributed by atoms with van der Waals surface area (Å²) in [5.41, 5.74) is 0. The second-order valence-corrected chi connectivity index (χ2v) is 18.9. The molecular formula is C54H107NO5. The number of esters is 1. The second kappa shape index (κ2) is 50.5. The van der Waals surface area contributed by atoms with Crippen molar-refractivity contribution in [2.45, 2.75) is 321 Å². The summed E-state index contributed by atoms with van der Waals surface area (Å²) in [5.74, 6) is -0.0483. The first-order valence-corrected chi connectivity index (χ1v) is 27.3. The summed E-state index contributed by atoms with van der Waals surface area (Å²) < 4.78 is 5.46. The predicted octanol–water partition coefficient (Wildman–Crippen LogP) is 16.4. The molecule has 0 fully saturated rings. The molecule has 0 bridgehead atoms. The van der Waals surface area contributed by atoms with E-state index < -0.39 is 12.1 Å². The maximum Gasteiger partial charge on any atom is 0.305 e. The molecule has 0 aliphatic carbocycles. The van der Waals surface area contributed by atoms with Gasteiger partial charge in [0.05, 0.1) is 25.4 Å². The van der Waals surface area contributed by atoms with E-state index in [-0.39, 0.29) is 18.5 Å². The van der Waals surface area contributed by atoms with Gasteiger partial charge in [0, 0.05) is 12.8 Å². The molecule has 0 rings (SSSR count). The van der Waals surface area contributed by atoms with E-state index >= 15 is 0 Å². The smallest absolute Gasteiger partial charge is 0.305 e. The summed E-state index contributed by atoms with van der Waals surface area (Å²) >= 11 is 0. The van der Waals surface area contributed by atoms with Gasteiger partial charge in [0.1, 0.15) is 0 Å². The summed E-state index contributed by atoms with van der Waals surface area (Å²) in [6.07, 6.45) is 56.4. The number of rotatable bonds is 51. The van der Waals surface area contributed by atoms with E-state index in [0.717, 1.165) is 51.4 Å². The van der Waals surface area contributed by atoms with Crippen LogP contribution in [0.3, 0.4) is 0 Å². The topological polar surface area (TPSA) is 95.9 Å². The van der Waals surface area contributed by atoms with Gasteiger partial charge in [-0.15, -0.1) is 0 Å². The monoisotopic (exact) mass is 850 g/mol. The first-order chi connectivity index (χ1) is 29.5. The van der Waals surface area contributed by atoms with Crippen molar-refractivity contribution in [3.8, 4) is 0 Å². The Kier molecular flexibility index (Phi) is 49.5. The molecular weight excluding hydrogens is 743 g/mol. The number of amides is 1. The summed E-state index contributed by atoms with van der Waals surface area (Å²) in [4.78, 5) is 24.5. The zero-order chi connectivity index (χ0) is 43.7. The minimum absolute atomic E-state index is 0.00377. The van der Waals surface area contributed by atoms with E-state index in [2.05, 4.69) is 19.2 Å². The van der Waals surface area contributed by atoms with Crippen LogP contribution in [0.1, 0.15) is 309 Å². The molecule has 0 aromatic carbocycles. The van der Waals surface area contributed by atoms with Crippen LogP contribution in [0.15, 0.2) is 0 Å². The van der Waals surface area contributed by atoms with E-state index in [4.69, 9.17) is 4.74 Å². The molecule has 2 unspecified atom stereocenters. The van der Waals surface area contributed by atoms with Gasteiger partial charge in [-0.25, -0.2) is 0 Å². The van der Waals surface area contributed by atoms with Crippen molar-refractivity contribution >= 4 is 11.9 Å². The summed E-state index contributed by atoms with van der Waals surface area (Å²) in [6.45, 7) is 4.94. The summed E-state index contributed by atoms with van der Waals surface area (Å²) in [7, 11) is 0. The quantitative estimate of drug-likeness (QED) is 0.0418. The first-order valence-electron chi connectivity index (χ1n) is 27.3. The van der Waals surface area contributed by atoms with Crippen LogP contribution in [-0.4, -0.2) is 47.4 Å². The Balaban J connectivity index is 3.44. The highest BCUT2D eigenvalue weighted by Crippen LogP contribution is 2.17. The third-order valence-corrected chi connectivity index (χ3v) is 12.9. The average molecular weight is 850 g/mol. The number of aliphatic hydroxyl groups is 2. The molecule has 0 radical (unpaired) electrons. The first kappa shape index (κ1) is 58.9. The van der Waals surface area contributed by atoms with E-state index in [1.54, 1.807) is 0 Å². The Hall–Kier alpha value is -1.14. The van der Waals surface area contributed by atoms with Crippen molar-refractivity contribution in [1.82, 2.24) is 5.32 Å². The fraction of sp³-hybridized carbons (Fsp3) is 0.963. The molecule has 3 N–H and O–H groups in total. The lowest BCUT2D eigenvalue weighted by atomic mass is 10.0. The number of carbonyl (C=O) groups excluding carboxylic acids is 2. The highest BCUT2D eigenvalue weighted by molar-refractivity contribution is 5.76. The van der Waals surface area contributed by atoms with E-state index in [9.17, 15) is 19.8 Å². The van der Waals surface area contributed by atoms with Crippen LogP contribution in [-0.2, 0) is 14.3 Å². The normalized spacial score (nSPS) is 12.5. The van der Waals surface area contributed by atoms with Gasteiger partial charge in [0.25, 0.3) is 0 Å². The lowest BCUT2D eigenvalue weighted by molar-refractivity contribution is -0.143. The van der Waals surface area contributed by atoms with Crippen LogP contribution in [0, 0.1) is 0 Å². The molecule has 0 aromatic heterocycles. The Morgan fingerprint density at radius 2 is 0.683 bits per heavy atom. The molecule has 2 atom stereocenters. The van der Waals surface area contributed by atoms with Crippen molar-refractivity contribution < 1.29 is 24.5 Å². The predicted molar refractivity (Wildman–Crippen MR) is 260 cm³/mol. The molecule has 0 saturated carbocycles. The second-order valence-electron chi connectivity index (χ2n) is 18.9. The highest BCUT2D eigenvalue weighted by Gasteiger charge is 2.20. The number of hydrogen-bond donors (Lipinski definition) is 3. The zero-order valence-electron chi connectivity index (χ0n) is 40.7. The van der Waals surface area contributed by atoms with Gasteiger partial charge in [0.15, 0.2) is 0 Å². The fourth-order valence-electron chi connectivity index (χ4n) is 8.70. The van der Waals surface area contributed by atoms with Crippen molar-refractivity contribution in [2.24, 2.45) is 0 Å². The lowest BCUT2D eigenvalue weighted by Crippen LogP contribution is -2.45. The molecule has 0 spiro atoms. The van der Waals surface area contributed by atoms with Crippen LogP contribution in [0.4, 0.5) is 0 Å². The van der Waals surface area contributed by atoms with Gasteiger partial charge in [-0.1, -0.05) is 271 Å². The zero-order valence-corrected chi connectivity index (χ0v) is 40.7. The van der Waals surface area contributed by atoms with Crippen LogP contribution in [0.25, 0.3) is 0 Å². The fourth-order valence-corrected chi connectivity index (χ4v) is 8.70. The van der Waals surface area contributed by atoms with Crippen molar-refractivity contribution in [2.75, 3.05) is 13.2 Å². The number of ether oxygens (including phenoxy) is 1. The minimum atomic E-state index is -0.671. The Labute approximate surface area is 375 Å². The third kappa shape index (κ3) is 46.4. The molecule has 0 saturated heterocycles. The maximum atomic E-state index is 12.5. The van der Waals surface area contributed by atoms with E-state index in [0.29, 0.717) is 25.9 Å². The lowest BCUT2D eigenvalue weighted by Gasteiger charge is -2.22. The average Bonchev–Trinajstić information content (AvgIpc) is 3.25. The van der Waals surface area contributed by atoms with Gasteiger partial charge < -0.3 is 20.3 Å². The number of carbonyl (C=O) groups is 2. The SMILES string of the molecule is CCCCCCCCCCCCCCCCCCCCC(O)C(CO)NC(=O)CCCCCCCCCCCCCCCOC(=O)CCCCCCCCCCCCCC. The summed E-state index contributed by atoms with van der Waals surface area (Å²) in [5, 5.41) is 23.3. The van der Waals surface area contributed by atoms with Crippen LogP contribution >= 0.6 is 0 Å². The highest BCUT2D eigenvalue weighted by atomic mass is 16.5. The Morgan fingerprint density at radius 3 is 1.02 bits per heavy atom. The molecule has 6 nitrogen and oxygen atoms in total. The van der Waals surface area contributed by atoms with Gasteiger partial charge >= 0.3 is 5.97 Å². The van der Waals surface area contributed by atoms with Gasteiger partial charge in [-0.05, 0) is 25.7 Å². The molecule has 6 heteroatoms. The summed E-state index contributed by atoms with van der Waals surface area (Å²) in [6, 6.07) is -0.549. The molecule has 1 amide bonds. The third-order valence-electron chi connectivity index (χ3n) is 12.9. The molecule has 60 heavy (non-hydrogen) atoms. The maximum absolute atomic E-state index is 12.5. The number of aliphatic hydroxyl groups excluding tert-OH is 2. The number of unbranched alkanes of at least 4 members (excludes halogenated alkanes) is 40. The Morgan fingerprint density at radius 1 is 0.400 bits per heavy atom. The molecule has 0 aromatic rings. The Bertz CT molecular complexity index is 852. The van der Waals surface area contributed by atoms with Crippen LogP contribution < -0.4 is 5.32 Å². The molecule has 0 aliphatic rings. The number of hydrogen-bond acceptors (Lipinski definition) is 5. The number of nitrogens with one attached hydrogen (secondary N) is 1. The van der Waals surface area contributed by atoms with Crippen molar-refractivity contribution in [1.29, 1.82) is 0 Å². The van der Waals surface area contributed by atoms with Crippen molar-refractivity contribution in [3.05, 3.63) is 0 Å². The molecule has 358 valence electrons. The van der Waals surface area contributed by atoms with E-state index in [1.165, 1.54) is 225 Å². The van der Waals surface area contributed by atoms with Gasteiger partial charge in [-0.2, -0.15) is 0 Å². The van der Waals surface area contributed by atoms with Gasteiger partial charge in [-0.3, -0.25) is 9.59 Å². The molecule has 0 aliphatic heterocycles. The van der Waals surface area contributed by atoms with Crippen molar-refractivity contribution in [3.63, 3.8) is 0 Å². The van der Waals surface area contributed by atoms with Crippen LogP contribution in [0.2, 0.25) is 0 Å².